The number of rotatable bonds is 1. The van der Waals surface area contributed by atoms with Crippen molar-refractivity contribution in [3.63, 3.8) is 0 Å². The highest BCUT2D eigenvalue weighted by Gasteiger charge is 2.42. The van der Waals surface area contributed by atoms with Crippen molar-refractivity contribution in [2.24, 2.45) is 17.3 Å². The Labute approximate surface area is 97.6 Å². The van der Waals surface area contributed by atoms with Gasteiger partial charge in [0.05, 0.1) is 0 Å². The Morgan fingerprint density at radius 3 is 2.50 bits per heavy atom. The van der Waals surface area contributed by atoms with Crippen LogP contribution in [0.4, 0.5) is 0 Å². The minimum Gasteiger partial charge on any atom is -0.480 e. The highest BCUT2D eigenvalue weighted by Crippen LogP contribution is 2.43. The van der Waals surface area contributed by atoms with Crippen LogP contribution in [-0.2, 0) is 4.79 Å². The first-order valence-electron chi connectivity index (χ1n) is 6.37. The lowest BCUT2D eigenvalue weighted by Gasteiger charge is -2.39. The van der Waals surface area contributed by atoms with Crippen LogP contribution in [0.2, 0.25) is 0 Å². The molecule has 92 valence electrons. The zero-order valence-electron chi connectivity index (χ0n) is 10.5. The summed E-state index contributed by atoms with van der Waals surface area (Å²) in [5.74, 6) is 0.656. The van der Waals surface area contributed by atoms with Gasteiger partial charge in [0.25, 0.3) is 0 Å². The Balaban J connectivity index is 1.99. The van der Waals surface area contributed by atoms with Crippen LogP contribution in [0.1, 0.15) is 46.5 Å². The summed E-state index contributed by atoms with van der Waals surface area (Å²) in [5.41, 5.74) is 0.367. The molecule has 0 bridgehead atoms. The van der Waals surface area contributed by atoms with Gasteiger partial charge in [-0.2, -0.15) is 0 Å². The predicted molar refractivity (Wildman–Crippen MR) is 63.3 cm³/mol. The van der Waals surface area contributed by atoms with Gasteiger partial charge in [-0.05, 0) is 42.9 Å². The van der Waals surface area contributed by atoms with Crippen molar-refractivity contribution in [1.82, 2.24) is 5.32 Å². The van der Waals surface area contributed by atoms with E-state index in [2.05, 4.69) is 26.1 Å². The van der Waals surface area contributed by atoms with E-state index in [0.29, 0.717) is 17.4 Å². The molecule has 16 heavy (non-hydrogen) atoms. The Kier molecular flexibility index (Phi) is 2.99. The summed E-state index contributed by atoms with van der Waals surface area (Å²) in [6.45, 7) is 6.90. The topological polar surface area (TPSA) is 49.3 Å². The fourth-order valence-electron chi connectivity index (χ4n) is 3.33. The molecule has 0 radical (unpaired) electrons. The zero-order valence-corrected chi connectivity index (χ0v) is 10.5. The van der Waals surface area contributed by atoms with Crippen molar-refractivity contribution in [1.29, 1.82) is 0 Å². The Morgan fingerprint density at radius 2 is 1.94 bits per heavy atom. The van der Waals surface area contributed by atoms with Gasteiger partial charge >= 0.3 is 5.97 Å². The van der Waals surface area contributed by atoms with Crippen molar-refractivity contribution in [2.45, 2.75) is 58.5 Å². The Bertz CT molecular complexity index is 282. The van der Waals surface area contributed by atoms with Gasteiger partial charge in [0.1, 0.15) is 6.04 Å². The number of carboxylic acid groups (broad SMARTS) is 1. The SMILES string of the molecule is CC(C)(C)C1CCC2NC(C(=O)O)CC2C1. The molecule has 2 rings (SSSR count). The van der Waals surface area contributed by atoms with Gasteiger partial charge in [-0.25, -0.2) is 0 Å². The molecule has 0 aromatic heterocycles. The summed E-state index contributed by atoms with van der Waals surface area (Å²) in [4.78, 5) is 11.0. The molecule has 0 aromatic carbocycles. The molecule has 2 fully saturated rings. The van der Waals surface area contributed by atoms with Gasteiger partial charge in [0.2, 0.25) is 0 Å². The van der Waals surface area contributed by atoms with E-state index in [0.717, 1.165) is 18.8 Å². The number of fused-ring (bicyclic) bond motifs is 1. The number of hydrogen-bond acceptors (Lipinski definition) is 2. The van der Waals surface area contributed by atoms with E-state index in [4.69, 9.17) is 5.11 Å². The van der Waals surface area contributed by atoms with Gasteiger partial charge < -0.3 is 10.4 Å². The van der Waals surface area contributed by atoms with Gasteiger partial charge in [0, 0.05) is 6.04 Å². The molecule has 3 nitrogen and oxygen atoms in total. The Hall–Kier alpha value is -0.570. The minimum atomic E-state index is -0.679. The van der Waals surface area contributed by atoms with Crippen LogP contribution in [-0.4, -0.2) is 23.2 Å². The standard InChI is InChI=1S/C13H23NO2/c1-13(2,3)9-4-5-10-8(6-9)7-11(14-10)12(15)16/h8-11,14H,4-7H2,1-3H3,(H,15,16). The van der Waals surface area contributed by atoms with Gasteiger partial charge in [0.15, 0.2) is 0 Å². The van der Waals surface area contributed by atoms with E-state index in [1.807, 2.05) is 0 Å². The van der Waals surface area contributed by atoms with Crippen LogP contribution < -0.4 is 5.32 Å². The molecule has 1 saturated carbocycles. The third kappa shape index (κ3) is 2.24. The predicted octanol–water partition coefficient (Wildman–Crippen LogP) is 2.26. The number of carbonyl (C=O) groups is 1. The lowest BCUT2D eigenvalue weighted by Crippen LogP contribution is -2.39. The smallest absolute Gasteiger partial charge is 0.320 e. The normalized spacial score (nSPS) is 39.4. The lowest BCUT2D eigenvalue weighted by atomic mass is 9.68. The molecule has 1 heterocycles. The highest BCUT2D eigenvalue weighted by molar-refractivity contribution is 5.74. The van der Waals surface area contributed by atoms with E-state index in [1.54, 1.807) is 0 Å². The highest BCUT2D eigenvalue weighted by atomic mass is 16.4. The van der Waals surface area contributed by atoms with Crippen molar-refractivity contribution in [3.05, 3.63) is 0 Å². The summed E-state index contributed by atoms with van der Waals surface area (Å²) in [6.07, 6.45) is 4.41. The summed E-state index contributed by atoms with van der Waals surface area (Å²) < 4.78 is 0. The largest absolute Gasteiger partial charge is 0.480 e. The third-order valence-electron chi connectivity index (χ3n) is 4.46. The van der Waals surface area contributed by atoms with Gasteiger partial charge in [-0.1, -0.05) is 20.8 Å². The minimum absolute atomic E-state index is 0.297. The molecule has 1 aliphatic heterocycles. The second kappa shape index (κ2) is 4.02. The van der Waals surface area contributed by atoms with E-state index < -0.39 is 5.97 Å². The molecule has 0 amide bonds. The molecule has 0 spiro atoms. The molecule has 1 saturated heterocycles. The number of aliphatic carboxylic acids is 1. The maximum atomic E-state index is 11.0. The van der Waals surface area contributed by atoms with Crippen molar-refractivity contribution in [3.8, 4) is 0 Å². The van der Waals surface area contributed by atoms with Crippen LogP contribution in [0.15, 0.2) is 0 Å². The van der Waals surface area contributed by atoms with E-state index in [9.17, 15) is 4.79 Å². The molecular weight excluding hydrogens is 202 g/mol. The number of hydrogen-bond donors (Lipinski definition) is 2. The average molecular weight is 225 g/mol. The van der Waals surface area contributed by atoms with Crippen LogP contribution in [0.5, 0.6) is 0 Å². The Morgan fingerprint density at radius 1 is 1.25 bits per heavy atom. The monoisotopic (exact) mass is 225 g/mol. The summed E-state index contributed by atoms with van der Waals surface area (Å²) in [6, 6.07) is 0.161. The van der Waals surface area contributed by atoms with Crippen LogP contribution >= 0.6 is 0 Å². The van der Waals surface area contributed by atoms with Gasteiger partial charge in [-0.15, -0.1) is 0 Å². The second-order valence-electron chi connectivity index (χ2n) is 6.54. The summed E-state index contributed by atoms with van der Waals surface area (Å²) in [7, 11) is 0. The van der Waals surface area contributed by atoms with E-state index in [-0.39, 0.29) is 6.04 Å². The number of carboxylic acids is 1. The quantitative estimate of drug-likeness (QED) is 0.719. The van der Waals surface area contributed by atoms with E-state index in [1.165, 1.54) is 12.8 Å². The average Bonchev–Trinajstić information content (AvgIpc) is 2.58. The fraction of sp³-hybridized carbons (Fsp3) is 0.923. The van der Waals surface area contributed by atoms with Crippen molar-refractivity contribution in [2.75, 3.05) is 0 Å². The first kappa shape index (κ1) is 11.9. The van der Waals surface area contributed by atoms with E-state index >= 15 is 0 Å². The fourth-order valence-corrected chi connectivity index (χ4v) is 3.33. The molecule has 4 atom stereocenters. The first-order valence-corrected chi connectivity index (χ1v) is 6.37. The van der Waals surface area contributed by atoms with Crippen LogP contribution in [0, 0.1) is 17.3 Å². The lowest BCUT2D eigenvalue weighted by molar-refractivity contribution is -0.139. The van der Waals surface area contributed by atoms with Crippen LogP contribution in [0.3, 0.4) is 0 Å². The second-order valence-corrected chi connectivity index (χ2v) is 6.54. The van der Waals surface area contributed by atoms with Crippen molar-refractivity contribution >= 4 is 5.97 Å². The van der Waals surface area contributed by atoms with Crippen molar-refractivity contribution < 1.29 is 9.90 Å². The molecule has 3 heteroatoms. The summed E-state index contributed by atoms with van der Waals surface area (Å²) in [5, 5.41) is 12.3. The zero-order chi connectivity index (χ0) is 11.9. The molecule has 0 aromatic rings. The number of nitrogens with one attached hydrogen (secondary N) is 1. The van der Waals surface area contributed by atoms with Crippen LogP contribution in [0.25, 0.3) is 0 Å². The molecule has 4 unspecified atom stereocenters. The molecule has 1 aliphatic carbocycles. The molecular formula is C13H23NO2. The van der Waals surface area contributed by atoms with Gasteiger partial charge in [-0.3, -0.25) is 4.79 Å². The molecule has 2 aliphatic rings. The maximum Gasteiger partial charge on any atom is 0.320 e. The first-order chi connectivity index (χ1) is 7.38. The summed E-state index contributed by atoms with van der Waals surface area (Å²) >= 11 is 0. The molecule has 2 N–H and O–H groups in total. The third-order valence-corrected chi connectivity index (χ3v) is 4.46. The maximum absolute atomic E-state index is 11.0.